The van der Waals surface area contributed by atoms with Crippen molar-refractivity contribution in [1.29, 1.82) is 0 Å². The van der Waals surface area contributed by atoms with Crippen molar-refractivity contribution in [2.24, 2.45) is 0 Å². The van der Waals surface area contributed by atoms with Crippen LogP contribution < -0.4 is 0 Å². The fourth-order valence-electron chi connectivity index (χ4n) is 2.33. The molecule has 1 aliphatic heterocycles. The van der Waals surface area contributed by atoms with E-state index in [2.05, 4.69) is 0 Å². The summed E-state index contributed by atoms with van der Waals surface area (Å²) in [7, 11) is 0. The van der Waals surface area contributed by atoms with Gasteiger partial charge in [-0.15, -0.1) is 0 Å². The zero-order valence-electron chi connectivity index (χ0n) is 12.5. The highest BCUT2D eigenvalue weighted by Crippen LogP contribution is 2.20. The predicted molar refractivity (Wildman–Crippen MR) is 78.2 cm³/mol. The SMILES string of the molecule is CCC(C)OCC(=O)N1CCc2ccc(C(=O)O)cc2C1. The van der Waals surface area contributed by atoms with Crippen molar-refractivity contribution in [3.05, 3.63) is 34.9 Å². The molecule has 0 saturated heterocycles. The molecule has 5 nitrogen and oxygen atoms in total. The van der Waals surface area contributed by atoms with Crippen LogP contribution in [0.15, 0.2) is 18.2 Å². The van der Waals surface area contributed by atoms with Crippen LogP contribution in [0.5, 0.6) is 0 Å². The highest BCUT2D eigenvalue weighted by Gasteiger charge is 2.22. The van der Waals surface area contributed by atoms with Gasteiger partial charge in [-0.3, -0.25) is 4.79 Å². The summed E-state index contributed by atoms with van der Waals surface area (Å²) >= 11 is 0. The molecule has 0 aromatic heterocycles. The molecule has 0 aliphatic carbocycles. The Labute approximate surface area is 124 Å². The molecule has 0 saturated carbocycles. The quantitative estimate of drug-likeness (QED) is 0.902. The zero-order chi connectivity index (χ0) is 15.4. The van der Waals surface area contributed by atoms with Gasteiger partial charge in [0, 0.05) is 13.1 Å². The number of ether oxygens (including phenoxy) is 1. The molecule has 0 bridgehead atoms. The molecule has 2 rings (SSSR count). The van der Waals surface area contributed by atoms with Crippen LogP contribution in [0.25, 0.3) is 0 Å². The van der Waals surface area contributed by atoms with Gasteiger partial charge in [0.05, 0.1) is 11.7 Å². The Bertz CT molecular complexity index is 541. The first-order chi connectivity index (χ1) is 10.0. The minimum Gasteiger partial charge on any atom is -0.478 e. The lowest BCUT2D eigenvalue weighted by Crippen LogP contribution is -2.38. The highest BCUT2D eigenvalue weighted by atomic mass is 16.5. The van der Waals surface area contributed by atoms with Crippen molar-refractivity contribution in [1.82, 2.24) is 4.90 Å². The number of rotatable bonds is 5. The van der Waals surface area contributed by atoms with E-state index in [1.165, 1.54) is 0 Å². The first-order valence-electron chi connectivity index (χ1n) is 7.25. The Morgan fingerprint density at radius 1 is 1.38 bits per heavy atom. The summed E-state index contributed by atoms with van der Waals surface area (Å²) in [4.78, 5) is 24.9. The van der Waals surface area contributed by atoms with Gasteiger partial charge in [-0.1, -0.05) is 13.0 Å². The summed E-state index contributed by atoms with van der Waals surface area (Å²) in [6, 6.07) is 5.12. The van der Waals surface area contributed by atoms with Crippen molar-refractivity contribution >= 4 is 11.9 Å². The Morgan fingerprint density at radius 3 is 2.81 bits per heavy atom. The number of carboxylic acids is 1. The molecular weight excluding hydrogens is 270 g/mol. The van der Waals surface area contributed by atoms with Gasteiger partial charge in [0.1, 0.15) is 6.61 Å². The predicted octanol–water partition coefficient (Wildman–Crippen LogP) is 2.08. The molecule has 0 spiro atoms. The number of carbonyl (C=O) groups excluding carboxylic acids is 1. The minimum absolute atomic E-state index is 0.0401. The second kappa shape index (κ2) is 6.72. The normalized spacial score (nSPS) is 15.4. The smallest absolute Gasteiger partial charge is 0.335 e. The molecule has 1 N–H and O–H groups in total. The molecule has 0 radical (unpaired) electrons. The molecule has 1 aromatic carbocycles. The number of hydrogen-bond donors (Lipinski definition) is 1. The van der Waals surface area contributed by atoms with E-state index in [0.29, 0.717) is 13.1 Å². The maximum absolute atomic E-state index is 12.1. The van der Waals surface area contributed by atoms with Gasteiger partial charge in [0.2, 0.25) is 5.91 Å². The van der Waals surface area contributed by atoms with Crippen LogP contribution in [0.3, 0.4) is 0 Å². The Hall–Kier alpha value is -1.88. The van der Waals surface area contributed by atoms with Crippen molar-refractivity contribution in [3.8, 4) is 0 Å². The third kappa shape index (κ3) is 3.82. The van der Waals surface area contributed by atoms with Crippen LogP contribution in [0.4, 0.5) is 0 Å². The highest BCUT2D eigenvalue weighted by molar-refractivity contribution is 5.88. The van der Waals surface area contributed by atoms with Crippen LogP contribution in [0.2, 0.25) is 0 Å². The first kappa shape index (κ1) is 15.5. The van der Waals surface area contributed by atoms with E-state index in [0.717, 1.165) is 24.0 Å². The lowest BCUT2D eigenvalue weighted by Gasteiger charge is -2.29. The summed E-state index contributed by atoms with van der Waals surface area (Å²) in [6.45, 7) is 5.15. The Balaban J connectivity index is 2.02. The second-order valence-electron chi connectivity index (χ2n) is 5.38. The maximum Gasteiger partial charge on any atom is 0.335 e. The molecular formula is C16H21NO4. The lowest BCUT2D eigenvalue weighted by atomic mass is 9.97. The molecule has 114 valence electrons. The maximum atomic E-state index is 12.1. The molecule has 1 aromatic rings. The van der Waals surface area contributed by atoms with E-state index in [1.807, 2.05) is 19.9 Å². The summed E-state index contributed by atoms with van der Waals surface area (Å²) in [6.07, 6.45) is 1.70. The Morgan fingerprint density at radius 2 is 2.14 bits per heavy atom. The third-order valence-electron chi connectivity index (χ3n) is 3.88. The van der Waals surface area contributed by atoms with Gasteiger partial charge >= 0.3 is 5.97 Å². The monoisotopic (exact) mass is 291 g/mol. The number of hydrogen-bond acceptors (Lipinski definition) is 3. The van der Waals surface area contributed by atoms with Crippen LogP contribution in [0.1, 0.15) is 41.8 Å². The standard InChI is InChI=1S/C16H21NO4/c1-3-11(2)21-10-15(18)17-7-6-12-4-5-13(16(19)20)8-14(12)9-17/h4-5,8,11H,3,6-7,9-10H2,1-2H3,(H,19,20). The number of carboxylic acid groups (broad SMARTS) is 1. The third-order valence-corrected chi connectivity index (χ3v) is 3.88. The number of aromatic carboxylic acids is 1. The van der Waals surface area contributed by atoms with Gasteiger partial charge < -0.3 is 14.7 Å². The molecule has 21 heavy (non-hydrogen) atoms. The summed E-state index contributed by atoms with van der Waals surface area (Å²) < 4.78 is 5.47. The van der Waals surface area contributed by atoms with Gasteiger partial charge in [-0.2, -0.15) is 0 Å². The van der Waals surface area contributed by atoms with Gasteiger partial charge in [-0.25, -0.2) is 4.79 Å². The largest absolute Gasteiger partial charge is 0.478 e. The summed E-state index contributed by atoms with van der Waals surface area (Å²) in [5.74, 6) is -0.983. The zero-order valence-corrected chi connectivity index (χ0v) is 12.5. The minimum atomic E-state index is -0.943. The number of nitrogens with zero attached hydrogens (tertiary/aromatic N) is 1. The second-order valence-corrected chi connectivity index (χ2v) is 5.38. The summed E-state index contributed by atoms with van der Waals surface area (Å²) in [5, 5.41) is 9.03. The summed E-state index contributed by atoms with van der Waals surface area (Å²) in [5.41, 5.74) is 2.30. The van der Waals surface area contributed by atoms with Crippen molar-refractivity contribution in [2.45, 2.75) is 39.3 Å². The lowest BCUT2D eigenvalue weighted by molar-refractivity contribution is -0.138. The topological polar surface area (TPSA) is 66.8 Å². The molecule has 1 amide bonds. The van der Waals surface area contributed by atoms with E-state index < -0.39 is 5.97 Å². The fourth-order valence-corrected chi connectivity index (χ4v) is 2.33. The van der Waals surface area contributed by atoms with Gasteiger partial charge in [0.25, 0.3) is 0 Å². The van der Waals surface area contributed by atoms with Crippen LogP contribution in [-0.2, 0) is 22.5 Å². The average Bonchev–Trinajstić information content (AvgIpc) is 2.50. The molecule has 1 unspecified atom stereocenters. The molecule has 1 heterocycles. The van der Waals surface area contributed by atoms with E-state index in [4.69, 9.17) is 9.84 Å². The van der Waals surface area contributed by atoms with Crippen molar-refractivity contribution in [3.63, 3.8) is 0 Å². The average molecular weight is 291 g/mol. The molecule has 1 atom stereocenters. The number of benzene rings is 1. The number of fused-ring (bicyclic) bond motifs is 1. The van der Waals surface area contributed by atoms with E-state index in [1.54, 1.807) is 17.0 Å². The Kier molecular flexibility index (Phi) is 4.96. The number of carbonyl (C=O) groups is 2. The van der Waals surface area contributed by atoms with Gasteiger partial charge in [0.15, 0.2) is 0 Å². The van der Waals surface area contributed by atoms with E-state index in [-0.39, 0.29) is 24.2 Å². The van der Waals surface area contributed by atoms with Gasteiger partial charge in [-0.05, 0) is 43.0 Å². The van der Waals surface area contributed by atoms with Crippen LogP contribution in [0, 0.1) is 0 Å². The van der Waals surface area contributed by atoms with Crippen LogP contribution in [-0.4, -0.2) is 41.1 Å². The molecule has 0 fully saturated rings. The van der Waals surface area contributed by atoms with Crippen LogP contribution >= 0.6 is 0 Å². The first-order valence-corrected chi connectivity index (χ1v) is 7.25. The molecule has 5 heteroatoms. The number of amides is 1. The van der Waals surface area contributed by atoms with E-state index in [9.17, 15) is 9.59 Å². The van der Waals surface area contributed by atoms with E-state index >= 15 is 0 Å². The van der Waals surface area contributed by atoms with Crippen molar-refractivity contribution in [2.75, 3.05) is 13.2 Å². The van der Waals surface area contributed by atoms with Crippen molar-refractivity contribution < 1.29 is 19.4 Å². The fraction of sp³-hybridized carbons (Fsp3) is 0.500. The molecule has 1 aliphatic rings.